The van der Waals surface area contributed by atoms with E-state index >= 15 is 0 Å². The monoisotopic (exact) mass is 337 g/mol. The van der Waals surface area contributed by atoms with Gasteiger partial charge in [0.05, 0.1) is 12.2 Å². The Morgan fingerprint density at radius 2 is 2.17 bits per heavy atom. The third kappa shape index (κ3) is 5.77. The first kappa shape index (κ1) is 18.2. The molecule has 2 heterocycles. The SMILES string of the molecule is CCNC(=NCc1nc(C)c(C)s1)NCC1CCCN(CC)C1. The number of piperidine rings is 1. The van der Waals surface area contributed by atoms with Crippen molar-refractivity contribution in [2.45, 2.75) is 47.1 Å². The summed E-state index contributed by atoms with van der Waals surface area (Å²) >= 11 is 1.74. The highest BCUT2D eigenvalue weighted by Gasteiger charge is 2.18. The van der Waals surface area contributed by atoms with Crippen LogP contribution in [0, 0.1) is 19.8 Å². The van der Waals surface area contributed by atoms with E-state index in [1.54, 1.807) is 11.3 Å². The van der Waals surface area contributed by atoms with Gasteiger partial charge in [0, 0.05) is 24.5 Å². The van der Waals surface area contributed by atoms with Gasteiger partial charge in [-0.1, -0.05) is 6.92 Å². The van der Waals surface area contributed by atoms with Crippen LogP contribution in [-0.2, 0) is 6.54 Å². The molecule has 0 amide bonds. The zero-order valence-corrected chi connectivity index (χ0v) is 15.8. The standard InChI is InChI=1S/C17H31N5S/c1-5-18-17(20-11-16-21-13(3)14(4)23-16)19-10-15-8-7-9-22(6-2)12-15/h15H,5-12H2,1-4H3,(H2,18,19,20). The van der Waals surface area contributed by atoms with Gasteiger partial charge in [0.15, 0.2) is 5.96 Å². The maximum absolute atomic E-state index is 4.69. The summed E-state index contributed by atoms with van der Waals surface area (Å²) in [4.78, 5) is 13.1. The van der Waals surface area contributed by atoms with E-state index in [2.05, 4.69) is 48.2 Å². The highest BCUT2D eigenvalue weighted by Crippen LogP contribution is 2.17. The average molecular weight is 338 g/mol. The van der Waals surface area contributed by atoms with E-state index in [9.17, 15) is 0 Å². The van der Waals surface area contributed by atoms with Gasteiger partial charge in [-0.25, -0.2) is 9.98 Å². The van der Waals surface area contributed by atoms with Gasteiger partial charge in [0.25, 0.3) is 0 Å². The smallest absolute Gasteiger partial charge is 0.191 e. The van der Waals surface area contributed by atoms with Gasteiger partial charge in [-0.3, -0.25) is 0 Å². The Labute approximate surface area is 144 Å². The highest BCUT2D eigenvalue weighted by molar-refractivity contribution is 7.11. The van der Waals surface area contributed by atoms with E-state index in [4.69, 9.17) is 4.99 Å². The second kappa shape index (κ2) is 9.23. The van der Waals surface area contributed by atoms with Crippen molar-refractivity contribution in [1.82, 2.24) is 20.5 Å². The first-order valence-corrected chi connectivity index (χ1v) is 9.61. The summed E-state index contributed by atoms with van der Waals surface area (Å²) in [6.07, 6.45) is 2.62. The molecule has 6 heteroatoms. The van der Waals surface area contributed by atoms with E-state index in [0.717, 1.165) is 42.2 Å². The third-order valence-electron chi connectivity index (χ3n) is 4.40. The zero-order valence-electron chi connectivity index (χ0n) is 15.0. The summed E-state index contributed by atoms with van der Waals surface area (Å²) < 4.78 is 0. The molecule has 0 bridgehead atoms. The predicted octanol–water partition coefficient (Wildman–Crippen LogP) is 2.55. The average Bonchev–Trinajstić information content (AvgIpc) is 2.88. The molecule has 0 aromatic carbocycles. The van der Waals surface area contributed by atoms with E-state index in [0.29, 0.717) is 6.54 Å². The van der Waals surface area contributed by atoms with Crippen LogP contribution < -0.4 is 10.6 Å². The Kier molecular flexibility index (Phi) is 7.30. The number of nitrogens with zero attached hydrogens (tertiary/aromatic N) is 3. The minimum atomic E-state index is 0.653. The molecule has 1 fully saturated rings. The molecule has 0 radical (unpaired) electrons. The lowest BCUT2D eigenvalue weighted by Gasteiger charge is -2.32. The van der Waals surface area contributed by atoms with Gasteiger partial charge in [0.1, 0.15) is 5.01 Å². The second-order valence-electron chi connectivity index (χ2n) is 6.23. The van der Waals surface area contributed by atoms with E-state index in [1.807, 2.05) is 0 Å². The third-order valence-corrected chi connectivity index (χ3v) is 5.46. The van der Waals surface area contributed by atoms with Crippen molar-refractivity contribution in [3.63, 3.8) is 0 Å². The molecule has 1 aliphatic heterocycles. The van der Waals surface area contributed by atoms with Crippen LogP contribution in [0.4, 0.5) is 0 Å². The molecule has 130 valence electrons. The Hall–Kier alpha value is -1.14. The van der Waals surface area contributed by atoms with Crippen molar-refractivity contribution in [3.05, 3.63) is 15.6 Å². The maximum Gasteiger partial charge on any atom is 0.191 e. The fourth-order valence-corrected chi connectivity index (χ4v) is 3.80. The van der Waals surface area contributed by atoms with Crippen molar-refractivity contribution >= 4 is 17.3 Å². The molecule has 0 aliphatic carbocycles. The lowest BCUT2D eigenvalue weighted by atomic mass is 9.98. The molecule has 1 unspecified atom stereocenters. The van der Waals surface area contributed by atoms with Crippen LogP contribution in [0.1, 0.15) is 42.3 Å². The molecule has 23 heavy (non-hydrogen) atoms. The number of rotatable bonds is 6. The number of aromatic nitrogens is 1. The minimum absolute atomic E-state index is 0.653. The van der Waals surface area contributed by atoms with Crippen LogP contribution in [0.2, 0.25) is 0 Å². The molecule has 1 aliphatic rings. The zero-order chi connectivity index (χ0) is 16.7. The molecular weight excluding hydrogens is 306 g/mol. The number of hydrogen-bond donors (Lipinski definition) is 2. The Morgan fingerprint density at radius 3 is 2.83 bits per heavy atom. The quantitative estimate of drug-likeness (QED) is 0.619. The summed E-state index contributed by atoms with van der Waals surface area (Å²) in [5.41, 5.74) is 1.13. The van der Waals surface area contributed by atoms with Crippen LogP contribution in [0.25, 0.3) is 0 Å². The second-order valence-corrected chi connectivity index (χ2v) is 7.51. The Balaban J connectivity index is 1.86. The summed E-state index contributed by atoms with van der Waals surface area (Å²) in [6, 6.07) is 0. The Bertz CT molecular complexity index is 492. The molecule has 2 N–H and O–H groups in total. The van der Waals surface area contributed by atoms with Gasteiger partial charge in [-0.2, -0.15) is 0 Å². The number of guanidine groups is 1. The molecule has 2 rings (SSSR count). The van der Waals surface area contributed by atoms with Crippen LogP contribution >= 0.6 is 11.3 Å². The van der Waals surface area contributed by atoms with E-state index in [-0.39, 0.29) is 0 Å². The minimum Gasteiger partial charge on any atom is -0.357 e. The first-order chi connectivity index (χ1) is 11.1. The fourth-order valence-electron chi connectivity index (χ4n) is 2.94. The maximum atomic E-state index is 4.69. The lowest BCUT2D eigenvalue weighted by molar-refractivity contribution is 0.183. The van der Waals surface area contributed by atoms with Gasteiger partial charge in [-0.05, 0) is 52.6 Å². The number of likely N-dealkylation sites (tertiary alicyclic amines) is 1. The number of hydrogen-bond acceptors (Lipinski definition) is 4. The molecule has 1 aromatic heterocycles. The van der Waals surface area contributed by atoms with Crippen LogP contribution in [-0.4, -0.2) is 48.6 Å². The molecule has 1 saturated heterocycles. The highest BCUT2D eigenvalue weighted by atomic mass is 32.1. The predicted molar refractivity (Wildman–Crippen MR) is 99.2 cm³/mol. The van der Waals surface area contributed by atoms with E-state index in [1.165, 1.54) is 30.8 Å². The summed E-state index contributed by atoms with van der Waals surface area (Å²) in [5.74, 6) is 1.63. The number of aliphatic imine (C=N–C) groups is 1. The molecule has 5 nitrogen and oxygen atoms in total. The summed E-state index contributed by atoms with van der Waals surface area (Å²) in [7, 11) is 0. The molecule has 0 saturated carbocycles. The lowest BCUT2D eigenvalue weighted by Crippen LogP contribution is -2.44. The van der Waals surface area contributed by atoms with Gasteiger partial charge < -0.3 is 15.5 Å². The van der Waals surface area contributed by atoms with Crippen LogP contribution in [0.15, 0.2) is 4.99 Å². The largest absolute Gasteiger partial charge is 0.357 e. The molecular formula is C17H31N5S. The van der Waals surface area contributed by atoms with E-state index < -0.39 is 0 Å². The van der Waals surface area contributed by atoms with Crippen molar-refractivity contribution in [2.75, 3.05) is 32.7 Å². The van der Waals surface area contributed by atoms with Gasteiger partial charge >= 0.3 is 0 Å². The van der Waals surface area contributed by atoms with Gasteiger partial charge in [0.2, 0.25) is 0 Å². The molecule has 0 spiro atoms. The van der Waals surface area contributed by atoms with Crippen LogP contribution in [0.5, 0.6) is 0 Å². The van der Waals surface area contributed by atoms with Crippen molar-refractivity contribution in [1.29, 1.82) is 0 Å². The summed E-state index contributed by atoms with van der Waals surface area (Å²) in [6.45, 7) is 14.7. The topological polar surface area (TPSA) is 52.6 Å². The van der Waals surface area contributed by atoms with Gasteiger partial charge in [-0.15, -0.1) is 11.3 Å². The van der Waals surface area contributed by atoms with Crippen molar-refractivity contribution in [2.24, 2.45) is 10.9 Å². The number of aryl methyl sites for hydroxylation is 2. The fraction of sp³-hybridized carbons (Fsp3) is 0.765. The van der Waals surface area contributed by atoms with Crippen molar-refractivity contribution < 1.29 is 0 Å². The number of nitrogens with one attached hydrogen (secondary N) is 2. The molecule has 1 atom stereocenters. The Morgan fingerprint density at radius 1 is 1.35 bits per heavy atom. The number of thiazole rings is 1. The molecule has 1 aromatic rings. The van der Waals surface area contributed by atoms with Crippen molar-refractivity contribution in [3.8, 4) is 0 Å². The summed E-state index contributed by atoms with van der Waals surface area (Å²) in [5, 5.41) is 7.95. The van der Waals surface area contributed by atoms with Crippen LogP contribution in [0.3, 0.4) is 0 Å². The normalized spacial score (nSPS) is 19.8. The first-order valence-electron chi connectivity index (χ1n) is 8.79.